The number of pyridine rings is 1. The van der Waals surface area contributed by atoms with Crippen molar-refractivity contribution in [3.63, 3.8) is 0 Å². The molecule has 0 spiro atoms. The Morgan fingerprint density at radius 3 is 2.59 bits per heavy atom. The van der Waals surface area contributed by atoms with Crippen molar-refractivity contribution in [1.29, 1.82) is 0 Å². The molecule has 0 N–H and O–H groups in total. The molecule has 0 radical (unpaired) electrons. The third-order valence-electron chi connectivity index (χ3n) is 2.61. The SMILES string of the molecule is Fc1ccc(-c2ncn3cc(Br)ccc23)cc1. The largest absolute Gasteiger partial charge is 0.305 e. The highest BCUT2D eigenvalue weighted by Crippen LogP contribution is 2.24. The van der Waals surface area contributed by atoms with Crippen LogP contribution in [0.1, 0.15) is 0 Å². The van der Waals surface area contributed by atoms with Gasteiger partial charge in [-0.05, 0) is 52.3 Å². The number of rotatable bonds is 1. The lowest BCUT2D eigenvalue weighted by Crippen LogP contribution is -1.83. The van der Waals surface area contributed by atoms with E-state index in [9.17, 15) is 4.39 Å². The Morgan fingerprint density at radius 1 is 1.06 bits per heavy atom. The summed E-state index contributed by atoms with van der Waals surface area (Å²) in [7, 11) is 0. The molecule has 0 saturated heterocycles. The molecule has 1 aromatic carbocycles. The van der Waals surface area contributed by atoms with Crippen LogP contribution in [0.15, 0.2) is 53.4 Å². The second-order valence-corrected chi connectivity index (χ2v) is 4.66. The highest BCUT2D eigenvalue weighted by Gasteiger charge is 2.06. The molecule has 0 saturated carbocycles. The van der Waals surface area contributed by atoms with E-state index in [1.54, 1.807) is 18.5 Å². The van der Waals surface area contributed by atoms with Gasteiger partial charge >= 0.3 is 0 Å². The maximum absolute atomic E-state index is 12.9. The average molecular weight is 291 g/mol. The fraction of sp³-hybridized carbons (Fsp3) is 0. The number of benzene rings is 1. The highest BCUT2D eigenvalue weighted by atomic mass is 79.9. The van der Waals surface area contributed by atoms with Crippen LogP contribution in [0.4, 0.5) is 4.39 Å². The molecule has 2 nitrogen and oxygen atoms in total. The number of fused-ring (bicyclic) bond motifs is 1. The molecule has 0 bridgehead atoms. The molecule has 84 valence electrons. The summed E-state index contributed by atoms with van der Waals surface area (Å²) in [6.07, 6.45) is 3.69. The van der Waals surface area contributed by atoms with Crippen molar-refractivity contribution >= 4 is 21.4 Å². The van der Waals surface area contributed by atoms with Gasteiger partial charge in [0, 0.05) is 16.2 Å². The molecule has 0 aliphatic carbocycles. The molecule has 0 aliphatic heterocycles. The van der Waals surface area contributed by atoms with E-state index in [1.807, 2.05) is 22.7 Å². The molecular weight excluding hydrogens is 283 g/mol. The van der Waals surface area contributed by atoms with Crippen molar-refractivity contribution in [3.8, 4) is 11.3 Å². The van der Waals surface area contributed by atoms with Crippen LogP contribution < -0.4 is 0 Å². The molecule has 2 aromatic heterocycles. The van der Waals surface area contributed by atoms with Gasteiger partial charge in [-0.3, -0.25) is 0 Å². The van der Waals surface area contributed by atoms with E-state index in [1.165, 1.54) is 12.1 Å². The number of imidazole rings is 1. The summed E-state index contributed by atoms with van der Waals surface area (Å²) in [6.45, 7) is 0. The van der Waals surface area contributed by atoms with Crippen LogP contribution in [0.25, 0.3) is 16.8 Å². The lowest BCUT2D eigenvalue weighted by Gasteiger charge is -1.99. The summed E-state index contributed by atoms with van der Waals surface area (Å²) in [6, 6.07) is 10.3. The van der Waals surface area contributed by atoms with Gasteiger partial charge < -0.3 is 4.40 Å². The van der Waals surface area contributed by atoms with Gasteiger partial charge in [0.2, 0.25) is 0 Å². The van der Waals surface area contributed by atoms with E-state index >= 15 is 0 Å². The predicted octanol–water partition coefficient (Wildman–Crippen LogP) is 3.90. The Morgan fingerprint density at radius 2 is 1.82 bits per heavy atom. The number of aromatic nitrogens is 2. The standard InChI is InChI=1S/C13H8BrFN2/c14-10-3-6-12-13(16-8-17(12)7-10)9-1-4-11(15)5-2-9/h1-8H. The van der Waals surface area contributed by atoms with Crippen molar-refractivity contribution in [3.05, 3.63) is 59.2 Å². The third kappa shape index (κ3) is 1.85. The van der Waals surface area contributed by atoms with Crippen LogP contribution in [-0.4, -0.2) is 9.38 Å². The molecule has 3 aromatic rings. The monoisotopic (exact) mass is 290 g/mol. The van der Waals surface area contributed by atoms with Gasteiger partial charge in [0.1, 0.15) is 5.82 Å². The van der Waals surface area contributed by atoms with E-state index in [-0.39, 0.29) is 5.82 Å². The van der Waals surface area contributed by atoms with E-state index in [2.05, 4.69) is 20.9 Å². The second-order valence-electron chi connectivity index (χ2n) is 3.74. The Balaban J connectivity index is 2.21. The van der Waals surface area contributed by atoms with E-state index < -0.39 is 0 Å². The zero-order valence-electron chi connectivity index (χ0n) is 8.77. The minimum atomic E-state index is -0.236. The number of halogens is 2. The van der Waals surface area contributed by atoms with Crippen molar-refractivity contribution in [2.45, 2.75) is 0 Å². The lowest BCUT2D eigenvalue weighted by molar-refractivity contribution is 0.628. The van der Waals surface area contributed by atoms with Gasteiger partial charge in [-0.2, -0.15) is 0 Å². The van der Waals surface area contributed by atoms with Crippen molar-refractivity contribution in [1.82, 2.24) is 9.38 Å². The van der Waals surface area contributed by atoms with Crippen LogP contribution >= 0.6 is 15.9 Å². The first-order chi connectivity index (χ1) is 8.24. The van der Waals surface area contributed by atoms with Crippen molar-refractivity contribution < 1.29 is 4.39 Å². The third-order valence-corrected chi connectivity index (χ3v) is 3.08. The summed E-state index contributed by atoms with van der Waals surface area (Å²) >= 11 is 3.41. The Kier molecular flexibility index (Phi) is 2.44. The minimum absolute atomic E-state index is 0.236. The molecule has 0 aliphatic rings. The Labute approximate surface area is 106 Å². The molecule has 4 heteroatoms. The zero-order valence-corrected chi connectivity index (χ0v) is 10.4. The van der Waals surface area contributed by atoms with E-state index in [4.69, 9.17) is 0 Å². The first-order valence-corrected chi connectivity index (χ1v) is 5.91. The van der Waals surface area contributed by atoms with Crippen LogP contribution in [0.2, 0.25) is 0 Å². The number of hydrogen-bond donors (Lipinski definition) is 0. The van der Waals surface area contributed by atoms with Crippen molar-refractivity contribution in [2.24, 2.45) is 0 Å². The Hall–Kier alpha value is -1.68. The van der Waals surface area contributed by atoms with Crippen LogP contribution in [0.3, 0.4) is 0 Å². The average Bonchev–Trinajstić information content (AvgIpc) is 2.73. The molecule has 3 rings (SSSR count). The molecule has 0 unspecified atom stereocenters. The normalized spacial score (nSPS) is 10.9. The molecular formula is C13H8BrFN2. The topological polar surface area (TPSA) is 17.3 Å². The molecule has 0 fully saturated rings. The molecule has 0 atom stereocenters. The fourth-order valence-electron chi connectivity index (χ4n) is 1.80. The summed E-state index contributed by atoms with van der Waals surface area (Å²) < 4.78 is 15.8. The highest BCUT2D eigenvalue weighted by molar-refractivity contribution is 9.10. The van der Waals surface area contributed by atoms with E-state index in [0.29, 0.717) is 0 Å². The maximum Gasteiger partial charge on any atom is 0.123 e. The fourth-order valence-corrected chi connectivity index (χ4v) is 2.16. The number of hydrogen-bond acceptors (Lipinski definition) is 1. The quantitative estimate of drug-likeness (QED) is 0.664. The van der Waals surface area contributed by atoms with Gasteiger partial charge in [-0.1, -0.05) is 0 Å². The van der Waals surface area contributed by atoms with Crippen LogP contribution in [-0.2, 0) is 0 Å². The minimum Gasteiger partial charge on any atom is -0.305 e. The molecule has 17 heavy (non-hydrogen) atoms. The first-order valence-electron chi connectivity index (χ1n) is 5.12. The van der Waals surface area contributed by atoms with Gasteiger partial charge in [0.05, 0.1) is 17.5 Å². The summed E-state index contributed by atoms with van der Waals surface area (Å²) in [5, 5.41) is 0. The summed E-state index contributed by atoms with van der Waals surface area (Å²) in [5.74, 6) is -0.236. The molecule has 0 amide bonds. The zero-order chi connectivity index (χ0) is 11.8. The lowest BCUT2D eigenvalue weighted by atomic mass is 10.1. The van der Waals surface area contributed by atoms with Gasteiger partial charge in [0.25, 0.3) is 0 Å². The summed E-state index contributed by atoms with van der Waals surface area (Å²) in [5.41, 5.74) is 2.77. The van der Waals surface area contributed by atoms with Crippen LogP contribution in [0, 0.1) is 5.82 Å². The van der Waals surface area contributed by atoms with Crippen LogP contribution in [0.5, 0.6) is 0 Å². The number of nitrogens with zero attached hydrogens (tertiary/aromatic N) is 2. The maximum atomic E-state index is 12.9. The van der Waals surface area contributed by atoms with Gasteiger partial charge in [-0.25, -0.2) is 9.37 Å². The summed E-state index contributed by atoms with van der Waals surface area (Å²) in [4.78, 5) is 4.36. The van der Waals surface area contributed by atoms with E-state index in [0.717, 1.165) is 21.2 Å². The Bertz CT molecular complexity index is 673. The van der Waals surface area contributed by atoms with Gasteiger partial charge in [0.15, 0.2) is 0 Å². The smallest absolute Gasteiger partial charge is 0.123 e. The van der Waals surface area contributed by atoms with Crippen molar-refractivity contribution in [2.75, 3.05) is 0 Å². The first kappa shape index (κ1) is 10.5. The second kappa shape index (κ2) is 3.96. The van der Waals surface area contributed by atoms with Gasteiger partial charge in [-0.15, -0.1) is 0 Å². The molecule has 2 heterocycles. The predicted molar refractivity (Wildman–Crippen MR) is 68.3 cm³/mol.